The van der Waals surface area contributed by atoms with Crippen LogP contribution < -0.4 is 10.6 Å². The first kappa shape index (κ1) is 14.6. The lowest BCUT2D eigenvalue weighted by atomic mass is 9.75. The van der Waals surface area contributed by atoms with E-state index in [-0.39, 0.29) is 17.4 Å². The number of nitrogens with zero attached hydrogens (tertiary/aromatic N) is 2. The maximum atomic E-state index is 12.9. The predicted octanol–water partition coefficient (Wildman–Crippen LogP) is 1.87. The van der Waals surface area contributed by atoms with Gasteiger partial charge in [0.1, 0.15) is 0 Å². The van der Waals surface area contributed by atoms with E-state index < -0.39 is 0 Å². The number of carbonyl (C=O) groups excluding carboxylic acids is 1. The SMILES string of the molecule is CCC1(C(=O)NC2CCCC2n2ccnc2)CCNCC1. The number of nitrogens with one attached hydrogen (secondary N) is 2. The second-order valence-corrected chi connectivity index (χ2v) is 6.47. The molecule has 1 aromatic rings. The Kier molecular flexibility index (Phi) is 4.29. The summed E-state index contributed by atoms with van der Waals surface area (Å²) < 4.78 is 2.15. The Hall–Kier alpha value is -1.36. The van der Waals surface area contributed by atoms with Gasteiger partial charge >= 0.3 is 0 Å². The van der Waals surface area contributed by atoms with Crippen LogP contribution in [0.1, 0.15) is 51.5 Å². The Labute approximate surface area is 126 Å². The van der Waals surface area contributed by atoms with Crippen LogP contribution in [0.3, 0.4) is 0 Å². The summed E-state index contributed by atoms with van der Waals surface area (Å²) in [7, 11) is 0. The molecule has 5 heteroatoms. The molecule has 0 radical (unpaired) electrons. The third-order valence-corrected chi connectivity index (χ3v) is 5.42. The summed E-state index contributed by atoms with van der Waals surface area (Å²) in [5.41, 5.74) is -0.159. The van der Waals surface area contributed by atoms with Gasteiger partial charge in [-0.3, -0.25) is 4.79 Å². The molecular weight excluding hydrogens is 264 g/mol. The van der Waals surface area contributed by atoms with Gasteiger partial charge in [0, 0.05) is 18.4 Å². The van der Waals surface area contributed by atoms with E-state index in [0.717, 1.165) is 45.2 Å². The van der Waals surface area contributed by atoms with Crippen LogP contribution in [0.15, 0.2) is 18.7 Å². The van der Waals surface area contributed by atoms with E-state index >= 15 is 0 Å². The van der Waals surface area contributed by atoms with Crippen LogP contribution in [-0.2, 0) is 4.79 Å². The van der Waals surface area contributed by atoms with Crippen molar-refractivity contribution in [2.24, 2.45) is 5.41 Å². The highest BCUT2D eigenvalue weighted by molar-refractivity contribution is 5.83. The first-order valence-corrected chi connectivity index (χ1v) is 8.24. The molecule has 1 aliphatic heterocycles. The zero-order chi connectivity index (χ0) is 14.7. The minimum absolute atomic E-state index is 0.159. The molecule has 2 aliphatic rings. The van der Waals surface area contributed by atoms with Gasteiger partial charge in [-0.25, -0.2) is 4.98 Å². The maximum absolute atomic E-state index is 12.9. The highest BCUT2D eigenvalue weighted by Crippen LogP contribution is 2.35. The fraction of sp³-hybridized carbons (Fsp3) is 0.750. The quantitative estimate of drug-likeness (QED) is 0.890. The average Bonchev–Trinajstić information content (AvgIpc) is 3.18. The lowest BCUT2D eigenvalue weighted by molar-refractivity contribution is -0.133. The third kappa shape index (κ3) is 2.84. The molecule has 0 bridgehead atoms. The number of piperidine rings is 1. The van der Waals surface area contributed by atoms with E-state index in [2.05, 4.69) is 27.1 Å². The number of carbonyl (C=O) groups is 1. The predicted molar refractivity (Wildman–Crippen MR) is 81.9 cm³/mol. The normalized spacial score (nSPS) is 28.4. The molecule has 116 valence electrons. The number of hydrogen-bond donors (Lipinski definition) is 2. The van der Waals surface area contributed by atoms with Crippen molar-refractivity contribution in [1.29, 1.82) is 0 Å². The Morgan fingerprint density at radius 3 is 2.90 bits per heavy atom. The standard InChI is InChI=1S/C16H26N4O/c1-2-16(6-8-17-9-7-16)15(21)19-13-4-3-5-14(13)20-11-10-18-12-20/h10-14,17H,2-9H2,1H3,(H,19,21). The summed E-state index contributed by atoms with van der Waals surface area (Å²) >= 11 is 0. The number of rotatable bonds is 4. The van der Waals surface area contributed by atoms with Crippen molar-refractivity contribution in [3.05, 3.63) is 18.7 Å². The molecule has 1 aromatic heterocycles. The average molecular weight is 290 g/mol. The van der Waals surface area contributed by atoms with Gasteiger partial charge in [-0.05, 0) is 51.6 Å². The minimum atomic E-state index is -0.159. The van der Waals surface area contributed by atoms with E-state index in [9.17, 15) is 4.79 Å². The monoisotopic (exact) mass is 290 g/mol. The van der Waals surface area contributed by atoms with Gasteiger partial charge in [0.2, 0.25) is 5.91 Å². The molecule has 21 heavy (non-hydrogen) atoms. The van der Waals surface area contributed by atoms with Gasteiger partial charge in [0.25, 0.3) is 0 Å². The second kappa shape index (κ2) is 6.18. The van der Waals surface area contributed by atoms with Gasteiger partial charge in [0.05, 0.1) is 17.8 Å². The Balaban J connectivity index is 1.68. The van der Waals surface area contributed by atoms with Gasteiger partial charge in [0.15, 0.2) is 0 Å². The molecule has 1 saturated heterocycles. The van der Waals surface area contributed by atoms with Crippen LogP contribution in [0, 0.1) is 5.41 Å². The Morgan fingerprint density at radius 2 is 2.24 bits per heavy atom. The summed E-state index contributed by atoms with van der Waals surface area (Å²) in [6.45, 7) is 4.06. The van der Waals surface area contributed by atoms with Crippen molar-refractivity contribution < 1.29 is 4.79 Å². The largest absolute Gasteiger partial charge is 0.351 e. The van der Waals surface area contributed by atoms with Crippen LogP contribution in [0.5, 0.6) is 0 Å². The van der Waals surface area contributed by atoms with Crippen molar-refractivity contribution in [1.82, 2.24) is 20.2 Å². The smallest absolute Gasteiger partial charge is 0.226 e. The van der Waals surface area contributed by atoms with Crippen LogP contribution in [0.25, 0.3) is 0 Å². The number of imidazole rings is 1. The fourth-order valence-corrected chi connectivity index (χ4v) is 3.90. The molecule has 1 amide bonds. The first-order valence-electron chi connectivity index (χ1n) is 8.24. The van der Waals surface area contributed by atoms with Crippen LogP contribution in [0.2, 0.25) is 0 Å². The third-order valence-electron chi connectivity index (χ3n) is 5.42. The lowest BCUT2D eigenvalue weighted by Gasteiger charge is -2.37. The van der Waals surface area contributed by atoms with E-state index in [1.165, 1.54) is 6.42 Å². The number of amides is 1. The van der Waals surface area contributed by atoms with Gasteiger partial charge < -0.3 is 15.2 Å². The van der Waals surface area contributed by atoms with Crippen LogP contribution in [0.4, 0.5) is 0 Å². The number of hydrogen-bond acceptors (Lipinski definition) is 3. The summed E-state index contributed by atoms with van der Waals surface area (Å²) in [5.74, 6) is 0.267. The summed E-state index contributed by atoms with van der Waals surface area (Å²) in [4.78, 5) is 17.0. The minimum Gasteiger partial charge on any atom is -0.351 e. The summed E-state index contributed by atoms with van der Waals surface area (Å²) in [5, 5.41) is 6.72. The van der Waals surface area contributed by atoms with Crippen molar-refractivity contribution >= 4 is 5.91 Å². The second-order valence-electron chi connectivity index (χ2n) is 6.47. The van der Waals surface area contributed by atoms with E-state index in [1.807, 2.05) is 18.7 Å². The van der Waals surface area contributed by atoms with Gasteiger partial charge in [-0.1, -0.05) is 6.92 Å². The highest BCUT2D eigenvalue weighted by atomic mass is 16.2. The summed E-state index contributed by atoms with van der Waals surface area (Å²) in [6, 6.07) is 0.622. The first-order chi connectivity index (χ1) is 10.2. The number of aromatic nitrogens is 2. The molecule has 1 saturated carbocycles. The molecule has 2 unspecified atom stereocenters. The molecule has 2 N–H and O–H groups in total. The van der Waals surface area contributed by atoms with E-state index in [0.29, 0.717) is 6.04 Å². The lowest BCUT2D eigenvalue weighted by Crippen LogP contribution is -2.50. The fourth-order valence-electron chi connectivity index (χ4n) is 3.90. The van der Waals surface area contributed by atoms with Gasteiger partial charge in [-0.2, -0.15) is 0 Å². The molecule has 2 heterocycles. The van der Waals surface area contributed by atoms with Gasteiger partial charge in [-0.15, -0.1) is 0 Å². The zero-order valence-corrected chi connectivity index (χ0v) is 12.8. The molecule has 3 rings (SSSR count). The Bertz CT molecular complexity index is 465. The van der Waals surface area contributed by atoms with Crippen LogP contribution >= 0.6 is 0 Å². The molecular formula is C16H26N4O. The van der Waals surface area contributed by atoms with Crippen molar-refractivity contribution in [2.75, 3.05) is 13.1 Å². The Morgan fingerprint density at radius 1 is 1.43 bits per heavy atom. The zero-order valence-electron chi connectivity index (χ0n) is 12.8. The topological polar surface area (TPSA) is 59.0 Å². The van der Waals surface area contributed by atoms with E-state index in [4.69, 9.17) is 0 Å². The molecule has 2 atom stereocenters. The highest BCUT2D eigenvalue weighted by Gasteiger charge is 2.40. The summed E-state index contributed by atoms with van der Waals surface area (Å²) in [6.07, 6.45) is 11.9. The van der Waals surface area contributed by atoms with E-state index in [1.54, 1.807) is 0 Å². The molecule has 1 aliphatic carbocycles. The maximum Gasteiger partial charge on any atom is 0.226 e. The van der Waals surface area contributed by atoms with Crippen LogP contribution in [-0.4, -0.2) is 34.6 Å². The van der Waals surface area contributed by atoms with Crippen molar-refractivity contribution in [2.45, 2.75) is 57.5 Å². The van der Waals surface area contributed by atoms with Crippen molar-refractivity contribution in [3.8, 4) is 0 Å². The van der Waals surface area contributed by atoms with Crippen molar-refractivity contribution in [3.63, 3.8) is 0 Å². The molecule has 0 spiro atoms. The molecule has 5 nitrogen and oxygen atoms in total. The molecule has 0 aromatic carbocycles. The molecule has 2 fully saturated rings.